The van der Waals surface area contributed by atoms with Crippen LogP contribution in [-0.4, -0.2) is 24.1 Å². The average Bonchev–Trinajstić information content (AvgIpc) is 2.91. The number of nitrogens with two attached hydrogens (primary N) is 1. The highest BCUT2D eigenvalue weighted by Gasteiger charge is 2.35. The summed E-state index contributed by atoms with van der Waals surface area (Å²) in [7, 11) is 0. The molecule has 1 aromatic rings. The molecule has 1 aliphatic rings. The lowest BCUT2D eigenvalue weighted by molar-refractivity contribution is 0.301. The molecular weight excluding hydrogens is 274 g/mol. The second-order valence-electron chi connectivity index (χ2n) is 5.53. The maximum absolute atomic E-state index is 8.70. The molecule has 20 heavy (non-hydrogen) atoms. The molecular formula is C15H22ClN3O. The van der Waals surface area contributed by atoms with E-state index < -0.39 is 0 Å². The summed E-state index contributed by atoms with van der Waals surface area (Å²) in [4.78, 5) is 2.34. The van der Waals surface area contributed by atoms with Gasteiger partial charge < -0.3 is 15.8 Å². The Morgan fingerprint density at radius 3 is 2.65 bits per heavy atom. The van der Waals surface area contributed by atoms with Gasteiger partial charge in [-0.3, -0.25) is 0 Å². The Morgan fingerprint density at radius 1 is 1.45 bits per heavy atom. The van der Waals surface area contributed by atoms with Gasteiger partial charge in [0.05, 0.1) is 10.7 Å². The normalized spacial score (nSPS) is 18.6. The number of rotatable bonds is 4. The molecule has 1 fully saturated rings. The Bertz CT molecular complexity index is 512. The largest absolute Gasteiger partial charge is 0.409 e. The Labute approximate surface area is 125 Å². The molecule has 0 spiro atoms. The van der Waals surface area contributed by atoms with E-state index in [2.05, 4.69) is 23.9 Å². The minimum absolute atomic E-state index is 0.0799. The van der Waals surface area contributed by atoms with Crippen molar-refractivity contribution in [2.24, 2.45) is 16.3 Å². The zero-order valence-electron chi connectivity index (χ0n) is 12.1. The number of hydrogen-bond donors (Lipinski definition) is 2. The lowest BCUT2D eigenvalue weighted by atomic mass is 9.82. The smallest absolute Gasteiger partial charge is 0.170 e. The molecule has 1 saturated heterocycles. The molecule has 110 valence electrons. The van der Waals surface area contributed by atoms with Crippen molar-refractivity contribution in [3.8, 4) is 0 Å². The van der Waals surface area contributed by atoms with Crippen LogP contribution in [0.2, 0.25) is 5.02 Å². The molecule has 0 unspecified atom stereocenters. The fourth-order valence-corrected chi connectivity index (χ4v) is 3.25. The molecule has 0 saturated carbocycles. The number of benzene rings is 1. The fraction of sp³-hybridized carbons (Fsp3) is 0.533. The third kappa shape index (κ3) is 2.70. The maximum Gasteiger partial charge on any atom is 0.170 e. The molecule has 4 nitrogen and oxygen atoms in total. The van der Waals surface area contributed by atoms with Crippen molar-refractivity contribution < 1.29 is 5.21 Å². The number of nitrogens with zero attached hydrogens (tertiary/aromatic N) is 2. The van der Waals surface area contributed by atoms with E-state index in [9.17, 15) is 0 Å². The van der Waals surface area contributed by atoms with E-state index in [1.165, 1.54) is 19.3 Å². The number of anilines is 1. The highest BCUT2D eigenvalue weighted by molar-refractivity contribution is 6.33. The van der Waals surface area contributed by atoms with Gasteiger partial charge in [-0.15, -0.1) is 0 Å². The van der Waals surface area contributed by atoms with Gasteiger partial charge in [-0.25, -0.2) is 0 Å². The standard InChI is InChI=1S/C15H22ClN3O/c1-3-15(4-2)7-8-19(10-15)13-6-5-11(9-12(13)16)14(17)18-20/h5-6,9,20H,3-4,7-8,10H2,1-2H3,(H2,17,18). The van der Waals surface area contributed by atoms with Crippen molar-refractivity contribution in [1.82, 2.24) is 0 Å². The fourth-order valence-electron chi connectivity index (χ4n) is 2.95. The van der Waals surface area contributed by atoms with Crippen LogP contribution in [0.5, 0.6) is 0 Å². The van der Waals surface area contributed by atoms with Gasteiger partial charge in [0.15, 0.2) is 5.84 Å². The summed E-state index contributed by atoms with van der Waals surface area (Å²) in [5.74, 6) is 0.0799. The first-order valence-electron chi connectivity index (χ1n) is 7.07. The SMILES string of the molecule is CCC1(CC)CCN(c2ccc(/C(N)=N/O)cc2Cl)C1. The summed E-state index contributed by atoms with van der Waals surface area (Å²) in [6, 6.07) is 5.55. The molecule has 0 aliphatic carbocycles. The van der Waals surface area contributed by atoms with E-state index in [1.807, 2.05) is 12.1 Å². The van der Waals surface area contributed by atoms with Gasteiger partial charge in [0, 0.05) is 18.7 Å². The predicted octanol–water partition coefficient (Wildman–Crippen LogP) is 3.45. The van der Waals surface area contributed by atoms with Crippen LogP contribution in [0.15, 0.2) is 23.4 Å². The zero-order chi connectivity index (χ0) is 14.8. The second-order valence-corrected chi connectivity index (χ2v) is 5.94. The van der Waals surface area contributed by atoms with Gasteiger partial charge in [0.25, 0.3) is 0 Å². The van der Waals surface area contributed by atoms with Gasteiger partial charge in [-0.1, -0.05) is 30.6 Å². The molecule has 0 aromatic heterocycles. The molecule has 0 radical (unpaired) electrons. The lowest BCUT2D eigenvalue weighted by Crippen LogP contribution is -2.26. The first-order chi connectivity index (χ1) is 9.55. The molecule has 2 rings (SSSR count). The predicted molar refractivity (Wildman–Crippen MR) is 83.8 cm³/mol. The van der Waals surface area contributed by atoms with Crippen LogP contribution in [0.1, 0.15) is 38.7 Å². The monoisotopic (exact) mass is 295 g/mol. The summed E-state index contributed by atoms with van der Waals surface area (Å²) in [6.45, 7) is 6.60. The van der Waals surface area contributed by atoms with Crippen molar-refractivity contribution in [3.63, 3.8) is 0 Å². The molecule has 0 amide bonds. The Balaban J connectivity index is 2.23. The molecule has 1 heterocycles. The molecule has 5 heteroatoms. The Kier molecular flexibility index (Phi) is 4.43. The van der Waals surface area contributed by atoms with Crippen molar-refractivity contribution in [2.75, 3.05) is 18.0 Å². The summed E-state index contributed by atoms with van der Waals surface area (Å²) in [5.41, 5.74) is 7.66. The molecule has 0 bridgehead atoms. The third-order valence-electron chi connectivity index (χ3n) is 4.63. The molecule has 0 atom stereocenters. The first kappa shape index (κ1) is 15.0. The summed E-state index contributed by atoms with van der Waals surface area (Å²) >= 11 is 6.36. The molecule has 3 N–H and O–H groups in total. The van der Waals surface area contributed by atoms with Crippen LogP contribution in [0.25, 0.3) is 0 Å². The van der Waals surface area contributed by atoms with Crippen LogP contribution in [-0.2, 0) is 0 Å². The van der Waals surface area contributed by atoms with E-state index in [1.54, 1.807) is 6.07 Å². The summed E-state index contributed by atoms with van der Waals surface area (Å²) in [6.07, 6.45) is 3.60. The second kappa shape index (κ2) is 5.92. The molecule has 1 aromatic carbocycles. The minimum Gasteiger partial charge on any atom is -0.409 e. The van der Waals surface area contributed by atoms with E-state index in [0.29, 0.717) is 16.0 Å². The zero-order valence-corrected chi connectivity index (χ0v) is 12.8. The quantitative estimate of drug-likeness (QED) is 0.387. The van der Waals surface area contributed by atoms with Crippen LogP contribution < -0.4 is 10.6 Å². The Hall–Kier alpha value is -1.42. The van der Waals surface area contributed by atoms with E-state index in [4.69, 9.17) is 22.5 Å². The number of hydrogen-bond acceptors (Lipinski definition) is 3. The van der Waals surface area contributed by atoms with Gasteiger partial charge in [-0.05, 0) is 42.9 Å². The lowest BCUT2D eigenvalue weighted by Gasteiger charge is -2.27. The number of halogens is 1. The Morgan fingerprint density at radius 2 is 2.15 bits per heavy atom. The van der Waals surface area contributed by atoms with Crippen LogP contribution in [0.3, 0.4) is 0 Å². The van der Waals surface area contributed by atoms with Crippen LogP contribution >= 0.6 is 11.6 Å². The van der Waals surface area contributed by atoms with Crippen molar-refractivity contribution in [1.29, 1.82) is 0 Å². The van der Waals surface area contributed by atoms with Crippen molar-refractivity contribution >= 4 is 23.1 Å². The summed E-state index contributed by atoms with van der Waals surface area (Å²) < 4.78 is 0. The van der Waals surface area contributed by atoms with Crippen LogP contribution in [0, 0.1) is 5.41 Å². The van der Waals surface area contributed by atoms with Crippen LogP contribution in [0.4, 0.5) is 5.69 Å². The maximum atomic E-state index is 8.70. The van der Waals surface area contributed by atoms with E-state index >= 15 is 0 Å². The highest BCUT2D eigenvalue weighted by atomic mass is 35.5. The van der Waals surface area contributed by atoms with E-state index in [-0.39, 0.29) is 5.84 Å². The van der Waals surface area contributed by atoms with Gasteiger partial charge in [0.1, 0.15) is 0 Å². The minimum atomic E-state index is 0.0799. The van der Waals surface area contributed by atoms with Crippen molar-refractivity contribution in [2.45, 2.75) is 33.1 Å². The van der Waals surface area contributed by atoms with E-state index in [0.717, 1.165) is 18.8 Å². The average molecular weight is 296 g/mol. The van der Waals surface area contributed by atoms with Gasteiger partial charge >= 0.3 is 0 Å². The molecule has 1 aliphatic heterocycles. The first-order valence-corrected chi connectivity index (χ1v) is 7.45. The topological polar surface area (TPSA) is 61.8 Å². The number of oxime groups is 1. The van der Waals surface area contributed by atoms with Crippen molar-refractivity contribution in [3.05, 3.63) is 28.8 Å². The highest BCUT2D eigenvalue weighted by Crippen LogP contribution is 2.40. The van der Waals surface area contributed by atoms with Gasteiger partial charge in [0.2, 0.25) is 0 Å². The third-order valence-corrected chi connectivity index (χ3v) is 4.93. The number of amidine groups is 1. The van der Waals surface area contributed by atoms with Gasteiger partial charge in [-0.2, -0.15) is 0 Å². The summed E-state index contributed by atoms with van der Waals surface area (Å²) in [5, 5.41) is 12.4.